The van der Waals surface area contributed by atoms with Crippen molar-refractivity contribution in [1.82, 2.24) is 9.74 Å². The van der Waals surface area contributed by atoms with Crippen LogP contribution in [-0.2, 0) is 0 Å². The van der Waals surface area contributed by atoms with Crippen LogP contribution in [0.25, 0.3) is 0 Å². The molecule has 0 aliphatic heterocycles. The van der Waals surface area contributed by atoms with E-state index in [-0.39, 0.29) is 9.84 Å². The fourth-order valence-corrected chi connectivity index (χ4v) is 0.919. The first kappa shape index (κ1) is 5.31. The Hall–Kier alpha value is 0.314. The summed E-state index contributed by atoms with van der Waals surface area (Å²) < 4.78 is 3.06. The maximum absolute atomic E-state index is 4.91. The first-order valence-electron chi connectivity index (χ1n) is 1.50. The van der Waals surface area contributed by atoms with E-state index >= 15 is 0 Å². The van der Waals surface area contributed by atoms with E-state index in [2.05, 4.69) is 9.74 Å². The molecule has 0 aliphatic carbocycles. The Morgan fingerprint density at radius 3 is 2.40 bits per heavy atom. The molecule has 0 aromatic heterocycles. The van der Waals surface area contributed by atoms with Gasteiger partial charge in [0.05, 0.1) is 10.4 Å². The Morgan fingerprint density at radius 2 is 2.40 bits per heavy atom. The SMILES string of the molecule is NN[SiH2]N[SiH3]. The number of nitrogens with two attached hydrogens (primary N) is 1. The summed E-state index contributed by atoms with van der Waals surface area (Å²) in [6.45, 7) is 0. The lowest BCUT2D eigenvalue weighted by molar-refractivity contribution is 1.06. The Labute approximate surface area is 36.8 Å². The highest BCUT2D eigenvalue weighted by Crippen LogP contribution is 1.16. The maximum Gasteiger partial charge on any atom is 0.174 e. The highest BCUT2D eigenvalue weighted by molar-refractivity contribution is 6.39. The minimum absolute atomic E-state index is 0.228. The lowest BCUT2D eigenvalue weighted by atomic mass is 13.0. The molecule has 0 unspecified atom stereocenters. The zero-order chi connectivity index (χ0) is 4.12. The molecule has 0 spiro atoms. The van der Waals surface area contributed by atoms with E-state index in [4.69, 9.17) is 5.84 Å². The number of rotatable bonds is 2. The molecule has 0 atom stereocenters. The van der Waals surface area contributed by atoms with Gasteiger partial charge in [-0.05, 0) is 0 Å². The van der Waals surface area contributed by atoms with Gasteiger partial charge >= 0.3 is 0 Å². The molecule has 3 nitrogen and oxygen atoms in total. The average molecular weight is 107 g/mol. The van der Waals surface area contributed by atoms with Gasteiger partial charge in [-0.2, -0.15) is 0 Å². The summed E-state index contributed by atoms with van der Waals surface area (Å²) in [7, 11) is 0.840. The Morgan fingerprint density at radius 1 is 1.80 bits per heavy atom. The van der Waals surface area contributed by atoms with Crippen LogP contribution in [0.5, 0.6) is 0 Å². The van der Waals surface area contributed by atoms with Gasteiger partial charge in [-0.15, -0.1) is 0 Å². The first-order chi connectivity index (χ1) is 2.41. The van der Waals surface area contributed by atoms with Crippen LogP contribution in [0.2, 0.25) is 0 Å². The Balaban J connectivity index is 2.19. The second-order valence-electron chi connectivity index (χ2n) is 0.734. The summed E-state index contributed by atoms with van der Waals surface area (Å²) in [5.41, 5.74) is 0. The fourth-order valence-electron chi connectivity index (χ4n) is 0.102. The monoisotopic (exact) mass is 107 g/mol. The third kappa shape index (κ3) is 4.31. The van der Waals surface area contributed by atoms with Crippen LogP contribution in [0.15, 0.2) is 0 Å². The van der Waals surface area contributed by atoms with Crippen LogP contribution in [0.1, 0.15) is 0 Å². The molecule has 0 aromatic rings. The molecule has 32 valence electrons. The fraction of sp³-hybridized carbons (Fsp3) is 0. The van der Waals surface area contributed by atoms with Crippen molar-refractivity contribution in [2.75, 3.05) is 0 Å². The van der Waals surface area contributed by atoms with Gasteiger partial charge in [0.15, 0.2) is 9.84 Å². The van der Waals surface area contributed by atoms with E-state index in [1.54, 1.807) is 0 Å². The van der Waals surface area contributed by atoms with Crippen molar-refractivity contribution in [2.45, 2.75) is 0 Å². The molecule has 0 aromatic carbocycles. The van der Waals surface area contributed by atoms with Gasteiger partial charge in [-0.3, -0.25) is 10.9 Å². The van der Waals surface area contributed by atoms with Crippen LogP contribution >= 0.6 is 0 Å². The van der Waals surface area contributed by atoms with Gasteiger partial charge in [0.25, 0.3) is 0 Å². The second kappa shape index (κ2) is 4.31. The van der Waals surface area contributed by atoms with Crippen molar-refractivity contribution in [3.63, 3.8) is 0 Å². The molecule has 0 amide bonds. The molecule has 0 bridgehead atoms. The molecule has 0 saturated heterocycles. The Kier molecular flexibility index (Phi) is 4.58. The highest BCUT2D eigenvalue weighted by atomic mass is 28.3. The minimum atomic E-state index is -0.228. The number of hydrogen-bond acceptors (Lipinski definition) is 3. The van der Waals surface area contributed by atoms with Gasteiger partial charge in [-0.1, -0.05) is 0 Å². The van der Waals surface area contributed by atoms with Gasteiger partial charge in [0.1, 0.15) is 0 Å². The quantitative estimate of drug-likeness (QED) is 0.193. The standard InChI is InChI=1S/H9N3Si2/c1-2-5-3-4/h2-3H,1,5H2,4H3. The van der Waals surface area contributed by atoms with Crippen molar-refractivity contribution >= 4 is 20.2 Å². The van der Waals surface area contributed by atoms with Crippen molar-refractivity contribution in [1.29, 1.82) is 0 Å². The van der Waals surface area contributed by atoms with Crippen molar-refractivity contribution in [3.05, 3.63) is 0 Å². The van der Waals surface area contributed by atoms with Crippen LogP contribution in [0.4, 0.5) is 0 Å². The molecule has 4 N–H and O–H groups in total. The highest BCUT2D eigenvalue weighted by Gasteiger charge is 1.64. The van der Waals surface area contributed by atoms with E-state index in [1.165, 1.54) is 0 Å². The Bertz CT molecular complexity index is 12.4. The summed E-state index contributed by atoms with van der Waals surface area (Å²) in [4.78, 5) is 0. The number of hydrogen-bond donors (Lipinski definition) is 3. The number of nitrogens with one attached hydrogen (secondary N) is 2. The lowest BCUT2D eigenvalue weighted by Crippen LogP contribution is -2.36. The summed E-state index contributed by atoms with van der Waals surface area (Å²) in [5.74, 6) is 4.91. The van der Waals surface area contributed by atoms with E-state index in [1.807, 2.05) is 0 Å². The van der Waals surface area contributed by atoms with Crippen molar-refractivity contribution < 1.29 is 0 Å². The molecule has 5 heavy (non-hydrogen) atoms. The minimum Gasteiger partial charge on any atom is -0.359 e. The van der Waals surface area contributed by atoms with Crippen molar-refractivity contribution in [2.24, 2.45) is 5.84 Å². The van der Waals surface area contributed by atoms with Gasteiger partial charge in [-0.25, -0.2) is 0 Å². The normalized spacial score (nSPS) is 11.4. The molecule has 0 fully saturated rings. The predicted octanol–water partition coefficient (Wildman–Crippen LogP) is -3.68. The predicted molar refractivity (Wildman–Crippen MR) is 28.9 cm³/mol. The smallest absolute Gasteiger partial charge is 0.174 e. The zero-order valence-electron chi connectivity index (χ0n) is 3.28. The van der Waals surface area contributed by atoms with E-state index in [0.717, 1.165) is 10.4 Å². The summed E-state index contributed by atoms with van der Waals surface area (Å²) in [6, 6.07) is 0. The van der Waals surface area contributed by atoms with Crippen LogP contribution in [0.3, 0.4) is 0 Å². The van der Waals surface area contributed by atoms with Crippen LogP contribution in [-0.4, -0.2) is 20.2 Å². The third-order valence-electron chi connectivity index (χ3n) is 0.279. The zero-order valence-corrected chi connectivity index (χ0v) is 6.70. The summed E-state index contributed by atoms with van der Waals surface area (Å²) >= 11 is 0. The number of hydrazine groups is 1. The maximum atomic E-state index is 4.91. The molecule has 0 heterocycles. The van der Waals surface area contributed by atoms with Crippen LogP contribution < -0.4 is 15.6 Å². The molecular weight excluding hydrogens is 98.2 g/mol. The van der Waals surface area contributed by atoms with E-state index < -0.39 is 0 Å². The van der Waals surface area contributed by atoms with Gasteiger partial charge in [0.2, 0.25) is 0 Å². The van der Waals surface area contributed by atoms with Gasteiger partial charge in [0, 0.05) is 0 Å². The molecule has 0 radical (unpaired) electrons. The summed E-state index contributed by atoms with van der Waals surface area (Å²) in [5, 5.41) is 2.58. The molecule has 0 aliphatic rings. The largest absolute Gasteiger partial charge is 0.359 e. The summed E-state index contributed by atoms with van der Waals surface area (Å²) in [6.07, 6.45) is 0. The van der Waals surface area contributed by atoms with E-state index in [9.17, 15) is 0 Å². The van der Waals surface area contributed by atoms with Crippen molar-refractivity contribution in [3.8, 4) is 0 Å². The topological polar surface area (TPSA) is 50.1 Å². The molecule has 0 saturated carbocycles. The molecule has 0 rings (SSSR count). The average Bonchev–Trinajstić information content (AvgIpc) is 1.41. The van der Waals surface area contributed by atoms with Gasteiger partial charge < -0.3 is 4.65 Å². The van der Waals surface area contributed by atoms with E-state index in [0.29, 0.717) is 0 Å². The molecular formula is H9N3Si2. The first-order valence-corrected chi connectivity index (χ1v) is 3.91. The third-order valence-corrected chi connectivity index (χ3v) is 1.90. The lowest BCUT2D eigenvalue weighted by Gasteiger charge is -1.87. The van der Waals surface area contributed by atoms with Crippen LogP contribution in [0, 0.1) is 0 Å². The molecule has 5 heteroatoms. The second-order valence-corrected chi connectivity index (χ2v) is 4.32.